The standard InChI is InChI=1S/C13H22N4O3S/c14-13-3-8-17(15-13)11-1-6-16(7-2-11)21(18,19)12-4-9-20-10-5-12/h3,8,11-12H,1-2,4-7,9-10H2,(H2,14,15). The van der Waals surface area contributed by atoms with E-state index in [9.17, 15) is 8.42 Å². The quantitative estimate of drug-likeness (QED) is 0.883. The van der Waals surface area contributed by atoms with Gasteiger partial charge in [-0.05, 0) is 31.7 Å². The molecule has 0 radical (unpaired) electrons. The van der Waals surface area contributed by atoms with E-state index >= 15 is 0 Å². The molecule has 0 atom stereocenters. The lowest BCUT2D eigenvalue weighted by atomic mass is 10.1. The molecule has 2 N–H and O–H groups in total. The number of piperidine rings is 1. The monoisotopic (exact) mass is 314 g/mol. The summed E-state index contributed by atoms with van der Waals surface area (Å²) >= 11 is 0. The summed E-state index contributed by atoms with van der Waals surface area (Å²) in [4.78, 5) is 0. The third kappa shape index (κ3) is 3.07. The summed E-state index contributed by atoms with van der Waals surface area (Å²) in [5.74, 6) is 0.507. The van der Waals surface area contributed by atoms with Crippen molar-refractivity contribution in [3.05, 3.63) is 12.3 Å². The molecule has 7 nitrogen and oxygen atoms in total. The van der Waals surface area contributed by atoms with Crippen LogP contribution in [0.3, 0.4) is 0 Å². The molecule has 0 bridgehead atoms. The second kappa shape index (κ2) is 5.94. The number of hydrogen-bond donors (Lipinski definition) is 1. The Labute approximate surface area is 125 Å². The van der Waals surface area contributed by atoms with Gasteiger partial charge >= 0.3 is 0 Å². The predicted molar refractivity (Wildman–Crippen MR) is 79.2 cm³/mol. The maximum Gasteiger partial charge on any atom is 0.217 e. The third-order valence-corrected chi connectivity index (χ3v) is 6.77. The Morgan fingerprint density at radius 2 is 1.86 bits per heavy atom. The Morgan fingerprint density at radius 3 is 2.43 bits per heavy atom. The number of sulfonamides is 1. The van der Waals surface area contributed by atoms with Crippen molar-refractivity contribution >= 4 is 15.8 Å². The molecule has 21 heavy (non-hydrogen) atoms. The lowest BCUT2D eigenvalue weighted by Crippen LogP contribution is -2.45. The fourth-order valence-corrected chi connectivity index (χ4v) is 5.03. The van der Waals surface area contributed by atoms with E-state index in [4.69, 9.17) is 10.5 Å². The van der Waals surface area contributed by atoms with Gasteiger partial charge in [0.1, 0.15) is 5.82 Å². The van der Waals surface area contributed by atoms with Crippen molar-refractivity contribution in [3.63, 3.8) is 0 Å². The largest absolute Gasteiger partial charge is 0.382 e. The summed E-state index contributed by atoms with van der Waals surface area (Å²) < 4.78 is 34.0. The summed E-state index contributed by atoms with van der Waals surface area (Å²) in [5.41, 5.74) is 5.63. The molecule has 2 aliphatic heterocycles. The van der Waals surface area contributed by atoms with Crippen molar-refractivity contribution in [3.8, 4) is 0 Å². The second-order valence-corrected chi connectivity index (χ2v) is 7.92. The van der Waals surface area contributed by atoms with E-state index in [1.165, 1.54) is 0 Å². The van der Waals surface area contributed by atoms with Gasteiger partial charge < -0.3 is 10.5 Å². The third-order valence-electron chi connectivity index (χ3n) is 4.38. The number of nitrogens with two attached hydrogens (primary N) is 1. The molecular formula is C13H22N4O3S. The van der Waals surface area contributed by atoms with Gasteiger partial charge in [-0.15, -0.1) is 0 Å². The average molecular weight is 314 g/mol. The molecule has 1 aromatic rings. The van der Waals surface area contributed by atoms with Crippen LogP contribution in [0.4, 0.5) is 5.82 Å². The zero-order valence-corrected chi connectivity index (χ0v) is 12.8. The van der Waals surface area contributed by atoms with Gasteiger partial charge in [-0.3, -0.25) is 4.68 Å². The van der Waals surface area contributed by atoms with Crippen LogP contribution < -0.4 is 5.73 Å². The average Bonchev–Trinajstić information content (AvgIpc) is 2.95. The first-order valence-electron chi connectivity index (χ1n) is 7.45. The normalized spacial score (nSPS) is 23.4. The van der Waals surface area contributed by atoms with Crippen molar-refractivity contribution in [1.82, 2.24) is 14.1 Å². The Bertz CT molecular complexity index is 572. The highest BCUT2D eigenvalue weighted by molar-refractivity contribution is 7.89. The number of nitrogen functional groups attached to an aromatic ring is 1. The molecule has 8 heteroatoms. The summed E-state index contributed by atoms with van der Waals surface area (Å²) in [6, 6.07) is 2.01. The van der Waals surface area contributed by atoms with Gasteiger partial charge in [0.25, 0.3) is 0 Å². The summed E-state index contributed by atoms with van der Waals surface area (Å²) in [5, 5.41) is 3.95. The highest BCUT2D eigenvalue weighted by Crippen LogP contribution is 2.27. The van der Waals surface area contributed by atoms with Crippen LogP contribution in [-0.4, -0.2) is 54.1 Å². The number of rotatable bonds is 3. The van der Waals surface area contributed by atoms with Gasteiger partial charge in [0.15, 0.2) is 0 Å². The van der Waals surface area contributed by atoms with Crippen molar-refractivity contribution in [1.29, 1.82) is 0 Å². The molecule has 0 spiro atoms. The van der Waals surface area contributed by atoms with Crippen LogP contribution >= 0.6 is 0 Å². The topological polar surface area (TPSA) is 90.5 Å². The van der Waals surface area contributed by atoms with Gasteiger partial charge in [-0.25, -0.2) is 12.7 Å². The van der Waals surface area contributed by atoms with Crippen molar-refractivity contribution in [2.75, 3.05) is 32.0 Å². The lowest BCUT2D eigenvalue weighted by molar-refractivity contribution is 0.0967. The molecule has 2 saturated heterocycles. The first kappa shape index (κ1) is 14.8. The predicted octanol–water partition coefficient (Wildman–Crippen LogP) is 0.611. The number of aromatic nitrogens is 2. The molecule has 0 amide bonds. The molecule has 0 saturated carbocycles. The van der Waals surface area contributed by atoms with Gasteiger partial charge in [0, 0.05) is 32.5 Å². The minimum Gasteiger partial charge on any atom is -0.382 e. The van der Waals surface area contributed by atoms with Gasteiger partial charge in [0.2, 0.25) is 10.0 Å². The smallest absolute Gasteiger partial charge is 0.217 e. The Morgan fingerprint density at radius 1 is 1.19 bits per heavy atom. The minimum atomic E-state index is -3.19. The van der Waals surface area contributed by atoms with E-state index in [0.717, 1.165) is 12.8 Å². The Balaban J connectivity index is 1.62. The van der Waals surface area contributed by atoms with E-state index in [1.54, 1.807) is 10.4 Å². The maximum atomic E-state index is 12.6. The molecule has 118 valence electrons. The maximum absolute atomic E-state index is 12.6. The number of nitrogens with zero attached hydrogens (tertiary/aromatic N) is 3. The SMILES string of the molecule is Nc1ccn(C2CCN(S(=O)(=O)C3CCOCC3)CC2)n1. The molecule has 1 aromatic heterocycles. The van der Waals surface area contributed by atoms with Crippen molar-refractivity contribution in [2.45, 2.75) is 37.0 Å². The molecule has 2 fully saturated rings. The highest BCUT2D eigenvalue weighted by atomic mass is 32.2. The van der Waals surface area contributed by atoms with Crippen LogP contribution in [0.25, 0.3) is 0 Å². The first-order valence-corrected chi connectivity index (χ1v) is 8.95. The lowest BCUT2D eigenvalue weighted by Gasteiger charge is -2.34. The van der Waals surface area contributed by atoms with Crippen LogP contribution in [0, 0.1) is 0 Å². The second-order valence-electron chi connectivity index (χ2n) is 5.71. The zero-order chi connectivity index (χ0) is 14.9. The molecule has 3 heterocycles. The Hall–Kier alpha value is -1.12. The van der Waals surface area contributed by atoms with E-state index < -0.39 is 10.0 Å². The molecule has 3 rings (SSSR count). The van der Waals surface area contributed by atoms with Crippen molar-refractivity contribution in [2.24, 2.45) is 0 Å². The van der Waals surface area contributed by atoms with E-state index in [1.807, 2.05) is 10.9 Å². The van der Waals surface area contributed by atoms with Crippen LogP contribution in [0.1, 0.15) is 31.7 Å². The summed E-state index contributed by atoms with van der Waals surface area (Å²) in [6.45, 7) is 2.22. The molecule has 0 aliphatic carbocycles. The highest BCUT2D eigenvalue weighted by Gasteiger charge is 2.35. The first-order chi connectivity index (χ1) is 10.1. The number of hydrogen-bond acceptors (Lipinski definition) is 5. The zero-order valence-electron chi connectivity index (χ0n) is 12.0. The van der Waals surface area contributed by atoms with Crippen LogP contribution in [0.15, 0.2) is 12.3 Å². The van der Waals surface area contributed by atoms with Crippen LogP contribution in [-0.2, 0) is 14.8 Å². The van der Waals surface area contributed by atoms with E-state index in [-0.39, 0.29) is 11.3 Å². The molecular weight excluding hydrogens is 292 g/mol. The van der Waals surface area contributed by atoms with Gasteiger partial charge in [-0.1, -0.05) is 0 Å². The summed E-state index contributed by atoms with van der Waals surface area (Å²) in [7, 11) is -3.19. The van der Waals surface area contributed by atoms with Crippen molar-refractivity contribution < 1.29 is 13.2 Å². The number of ether oxygens (including phenoxy) is 1. The van der Waals surface area contributed by atoms with Gasteiger partial charge in [-0.2, -0.15) is 5.10 Å². The fraction of sp³-hybridized carbons (Fsp3) is 0.769. The van der Waals surface area contributed by atoms with Crippen LogP contribution in [0.2, 0.25) is 0 Å². The van der Waals surface area contributed by atoms with E-state index in [2.05, 4.69) is 5.10 Å². The number of anilines is 1. The minimum absolute atomic E-state index is 0.239. The van der Waals surface area contributed by atoms with Gasteiger partial charge in [0.05, 0.1) is 11.3 Å². The molecule has 2 aliphatic rings. The van der Waals surface area contributed by atoms with Crippen LogP contribution in [0.5, 0.6) is 0 Å². The Kier molecular flexibility index (Phi) is 4.19. The molecule has 0 unspecified atom stereocenters. The fourth-order valence-electron chi connectivity index (χ4n) is 3.10. The molecule has 0 aromatic carbocycles. The summed E-state index contributed by atoms with van der Waals surface area (Å²) in [6.07, 6.45) is 4.64. The van der Waals surface area contributed by atoms with E-state index in [0.29, 0.717) is 45.0 Å².